The summed E-state index contributed by atoms with van der Waals surface area (Å²) in [4.78, 5) is 4.98. The highest BCUT2D eigenvalue weighted by molar-refractivity contribution is 5.01. The summed E-state index contributed by atoms with van der Waals surface area (Å²) >= 11 is 0. The van der Waals surface area contributed by atoms with Crippen LogP contribution >= 0.6 is 0 Å². The van der Waals surface area contributed by atoms with Crippen molar-refractivity contribution in [3.63, 3.8) is 0 Å². The van der Waals surface area contributed by atoms with Gasteiger partial charge in [0.2, 0.25) is 0 Å². The average Bonchev–Trinajstić information content (AvgIpc) is 2.80. The first-order valence-corrected chi connectivity index (χ1v) is 12.1. The first-order valence-electron chi connectivity index (χ1n) is 12.1. The Morgan fingerprint density at radius 3 is 1.97 bits per heavy atom. The summed E-state index contributed by atoms with van der Waals surface area (Å²) in [5.41, 5.74) is 0. The van der Waals surface area contributed by atoms with Crippen LogP contribution in [0.4, 0.5) is 0 Å². The van der Waals surface area contributed by atoms with Gasteiger partial charge in [-0.2, -0.15) is 0 Å². The zero-order valence-electron chi connectivity index (χ0n) is 18.7. The maximum Gasteiger partial charge on any atom is 0.170 e. The van der Waals surface area contributed by atoms with E-state index in [1.807, 2.05) is 0 Å². The minimum absolute atomic E-state index is 0.230. The van der Waals surface area contributed by atoms with E-state index in [1.165, 1.54) is 0 Å². The quantitative estimate of drug-likeness (QED) is 0.579. The number of likely N-dealkylation sites (tertiary alicyclic amines) is 2. The molecule has 8 heteroatoms. The highest BCUT2D eigenvalue weighted by atomic mass is 16.5. The number of hydrogen-bond acceptors (Lipinski definition) is 8. The Kier molecular flexibility index (Phi) is 7.68. The van der Waals surface area contributed by atoms with Gasteiger partial charge in [0.1, 0.15) is 6.10 Å². The van der Waals surface area contributed by atoms with E-state index in [2.05, 4.69) is 19.8 Å². The SMILES string of the molecule is COC1CCN(C2(N3CCC(O)CC3)C(O)CCCN2N2CCC(CO)CC2)CC1. The second kappa shape index (κ2) is 10.1. The molecule has 0 spiro atoms. The van der Waals surface area contributed by atoms with Crippen molar-refractivity contribution < 1.29 is 20.1 Å². The van der Waals surface area contributed by atoms with Crippen molar-refractivity contribution in [2.45, 2.75) is 75.5 Å². The Balaban J connectivity index is 1.63. The predicted molar refractivity (Wildman–Crippen MR) is 114 cm³/mol. The number of hydrogen-bond donors (Lipinski definition) is 3. The molecule has 0 amide bonds. The van der Waals surface area contributed by atoms with Crippen LogP contribution in [0.2, 0.25) is 0 Å². The van der Waals surface area contributed by atoms with Crippen molar-refractivity contribution in [1.82, 2.24) is 19.8 Å². The van der Waals surface area contributed by atoms with E-state index in [-0.39, 0.29) is 12.7 Å². The Morgan fingerprint density at radius 1 is 0.800 bits per heavy atom. The van der Waals surface area contributed by atoms with Crippen molar-refractivity contribution in [3.8, 4) is 0 Å². The van der Waals surface area contributed by atoms with Crippen molar-refractivity contribution >= 4 is 0 Å². The van der Waals surface area contributed by atoms with Crippen LogP contribution in [-0.2, 0) is 4.74 Å². The lowest BCUT2D eigenvalue weighted by Gasteiger charge is -2.64. The summed E-state index contributed by atoms with van der Waals surface area (Å²) in [6.45, 7) is 6.55. The zero-order chi connectivity index (χ0) is 21.1. The molecule has 2 unspecified atom stereocenters. The van der Waals surface area contributed by atoms with Crippen molar-refractivity contribution in [2.24, 2.45) is 5.92 Å². The van der Waals surface area contributed by atoms with Crippen molar-refractivity contribution in [1.29, 1.82) is 0 Å². The number of nitrogens with zero attached hydrogens (tertiary/aromatic N) is 4. The molecule has 0 saturated carbocycles. The molecule has 0 aromatic carbocycles. The molecule has 2 atom stereocenters. The third-order valence-corrected chi connectivity index (χ3v) is 8.04. The third kappa shape index (κ3) is 4.30. The monoisotopic (exact) mass is 426 g/mol. The smallest absolute Gasteiger partial charge is 0.170 e. The lowest BCUT2D eigenvalue weighted by Crippen LogP contribution is -2.81. The fraction of sp³-hybridized carbons (Fsp3) is 1.00. The van der Waals surface area contributed by atoms with Gasteiger partial charge in [-0.05, 0) is 57.3 Å². The molecule has 4 fully saturated rings. The molecule has 174 valence electrons. The van der Waals surface area contributed by atoms with Gasteiger partial charge in [0.15, 0.2) is 5.79 Å². The number of ether oxygens (including phenoxy) is 1. The van der Waals surface area contributed by atoms with Gasteiger partial charge in [-0.15, -0.1) is 0 Å². The van der Waals surface area contributed by atoms with E-state index >= 15 is 0 Å². The molecule has 4 aliphatic rings. The molecule has 3 N–H and O–H groups in total. The molecule has 0 aliphatic carbocycles. The Bertz CT molecular complexity index is 531. The molecule has 4 heterocycles. The van der Waals surface area contributed by atoms with E-state index in [1.54, 1.807) is 7.11 Å². The lowest BCUT2D eigenvalue weighted by atomic mass is 9.91. The highest BCUT2D eigenvalue weighted by Gasteiger charge is 2.57. The van der Waals surface area contributed by atoms with Crippen molar-refractivity contribution in [3.05, 3.63) is 0 Å². The molecular weight excluding hydrogens is 384 g/mol. The summed E-state index contributed by atoms with van der Waals surface area (Å²) in [5.74, 6) is -0.142. The third-order valence-electron chi connectivity index (χ3n) is 8.04. The number of aliphatic hydroxyl groups excluding tert-OH is 3. The van der Waals surface area contributed by atoms with Crippen LogP contribution in [0.25, 0.3) is 0 Å². The molecular formula is C22H42N4O4. The average molecular weight is 427 g/mol. The van der Waals surface area contributed by atoms with Gasteiger partial charge in [0.05, 0.1) is 12.2 Å². The molecule has 30 heavy (non-hydrogen) atoms. The first-order chi connectivity index (χ1) is 14.6. The van der Waals surface area contributed by atoms with Gasteiger partial charge < -0.3 is 20.1 Å². The topological polar surface area (TPSA) is 82.9 Å². The van der Waals surface area contributed by atoms with Crippen LogP contribution in [0, 0.1) is 5.92 Å². The number of rotatable bonds is 5. The summed E-state index contributed by atoms with van der Waals surface area (Å²) in [7, 11) is 1.80. The van der Waals surface area contributed by atoms with Gasteiger partial charge in [0, 0.05) is 59.5 Å². The van der Waals surface area contributed by atoms with Crippen LogP contribution < -0.4 is 0 Å². The molecule has 0 aromatic heterocycles. The number of methoxy groups -OCH3 is 1. The molecule has 4 saturated heterocycles. The molecule has 0 radical (unpaired) electrons. The maximum atomic E-state index is 11.6. The second-order valence-electron chi connectivity index (χ2n) is 9.69. The maximum absolute atomic E-state index is 11.6. The zero-order valence-corrected chi connectivity index (χ0v) is 18.7. The minimum Gasteiger partial charge on any atom is -0.396 e. The molecule has 0 aromatic rings. The lowest BCUT2D eigenvalue weighted by molar-refractivity contribution is -0.314. The van der Waals surface area contributed by atoms with E-state index in [0.717, 1.165) is 97.2 Å². The van der Waals surface area contributed by atoms with Crippen LogP contribution in [0.15, 0.2) is 0 Å². The largest absolute Gasteiger partial charge is 0.396 e. The first kappa shape index (κ1) is 22.9. The fourth-order valence-corrected chi connectivity index (χ4v) is 6.22. The number of aliphatic hydroxyl groups is 3. The van der Waals surface area contributed by atoms with Crippen LogP contribution in [-0.4, -0.2) is 119 Å². The van der Waals surface area contributed by atoms with Gasteiger partial charge >= 0.3 is 0 Å². The van der Waals surface area contributed by atoms with Crippen LogP contribution in [0.5, 0.6) is 0 Å². The highest BCUT2D eigenvalue weighted by Crippen LogP contribution is 2.40. The normalized spacial score (nSPS) is 35.8. The minimum atomic E-state index is -0.539. The fourth-order valence-electron chi connectivity index (χ4n) is 6.22. The standard InChI is InChI=1S/C22H42N4O4/c1-30-20-8-13-24(14-9-20)22(23-11-6-19(28)7-12-23)21(29)3-2-10-26(22)25-15-4-18(17-27)5-16-25/h18-21,27-29H,2-17H2,1H3. The van der Waals surface area contributed by atoms with Gasteiger partial charge in [-0.1, -0.05) is 0 Å². The summed E-state index contributed by atoms with van der Waals surface area (Å²) in [6, 6.07) is 0. The van der Waals surface area contributed by atoms with Gasteiger partial charge in [0.25, 0.3) is 0 Å². The molecule has 0 bridgehead atoms. The number of hydrazine groups is 1. The Labute approximate surface area is 181 Å². The summed E-state index contributed by atoms with van der Waals surface area (Å²) in [6.07, 6.45) is 6.95. The van der Waals surface area contributed by atoms with E-state index in [4.69, 9.17) is 4.74 Å². The Hall–Kier alpha value is -0.320. The van der Waals surface area contributed by atoms with E-state index in [9.17, 15) is 15.3 Å². The van der Waals surface area contributed by atoms with Crippen molar-refractivity contribution in [2.75, 3.05) is 59.5 Å². The molecule has 8 nitrogen and oxygen atoms in total. The number of piperidine rings is 4. The molecule has 4 rings (SSSR count). The molecule has 4 aliphatic heterocycles. The van der Waals surface area contributed by atoms with E-state index in [0.29, 0.717) is 12.0 Å². The van der Waals surface area contributed by atoms with E-state index < -0.39 is 11.9 Å². The van der Waals surface area contributed by atoms with Gasteiger partial charge in [-0.25, -0.2) is 10.0 Å². The Morgan fingerprint density at radius 2 is 1.40 bits per heavy atom. The summed E-state index contributed by atoms with van der Waals surface area (Å²) < 4.78 is 5.63. The van der Waals surface area contributed by atoms with Gasteiger partial charge in [-0.3, -0.25) is 9.80 Å². The predicted octanol–water partition coefficient (Wildman–Crippen LogP) is 0.284. The van der Waals surface area contributed by atoms with Crippen LogP contribution in [0.3, 0.4) is 0 Å². The van der Waals surface area contributed by atoms with Crippen LogP contribution in [0.1, 0.15) is 51.4 Å². The second-order valence-corrected chi connectivity index (χ2v) is 9.69. The summed E-state index contributed by atoms with van der Waals surface area (Å²) in [5, 5.41) is 36.3.